The number of amides is 1. The Morgan fingerprint density at radius 1 is 0.977 bits per heavy atom. The van der Waals surface area contributed by atoms with Gasteiger partial charge in [0.2, 0.25) is 15.9 Å². The van der Waals surface area contributed by atoms with Crippen molar-refractivity contribution in [3.8, 4) is 5.75 Å². The fourth-order valence-electron chi connectivity index (χ4n) is 6.80. The molecule has 0 saturated carbocycles. The zero-order chi connectivity index (χ0) is 31.4. The third-order valence-electron chi connectivity index (χ3n) is 8.80. The lowest BCUT2D eigenvalue weighted by Crippen LogP contribution is -2.47. The van der Waals surface area contributed by atoms with Crippen LogP contribution in [0.2, 0.25) is 0 Å². The maximum absolute atomic E-state index is 13.9. The molecule has 2 unspecified atom stereocenters. The van der Waals surface area contributed by atoms with Gasteiger partial charge in [-0.15, -0.1) is 0 Å². The van der Waals surface area contributed by atoms with E-state index in [1.165, 1.54) is 11.3 Å². The second-order valence-corrected chi connectivity index (χ2v) is 14.1. The largest absolute Gasteiger partial charge is 0.497 e. The molecule has 0 spiro atoms. The Morgan fingerprint density at radius 2 is 1.70 bits per heavy atom. The van der Waals surface area contributed by atoms with Crippen LogP contribution in [-0.4, -0.2) is 86.5 Å². The summed E-state index contributed by atoms with van der Waals surface area (Å²) in [7, 11) is 1.95. The second-order valence-electron chi connectivity index (χ2n) is 12.3. The van der Waals surface area contributed by atoms with Crippen molar-refractivity contribution in [2.45, 2.75) is 69.6 Å². The van der Waals surface area contributed by atoms with Gasteiger partial charge >= 0.3 is 0 Å². The summed E-state index contributed by atoms with van der Waals surface area (Å²) in [4.78, 5) is 18.2. The highest BCUT2D eigenvalue weighted by Gasteiger charge is 2.37. The molecule has 5 rings (SSSR count). The van der Waals surface area contributed by atoms with Gasteiger partial charge in [0, 0.05) is 43.6 Å². The van der Waals surface area contributed by atoms with Crippen LogP contribution >= 0.6 is 0 Å². The Balaban J connectivity index is 1.30. The van der Waals surface area contributed by atoms with Crippen LogP contribution in [0.4, 0.5) is 0 Å². The van der Waals surface area contributed by atoms with Gasteiger partial charge in [0.05, 0.1) is 24.7 Å². The minimum Gasteiger partial charge on any atom is -0.497 e. The number of methoxy groups -OCH3 is 1. The number of rotatable bonds is 11. The van der Waals surface area contributed by atoms with E-state index in [2.05, 4.69) is 47.8 Å². The molecule has 2 aliphatic rings. The van der Waals surface area contributed by atoms with Gasteiger partial charge in [-0.25, -0.2) is 8.42 Å². The number of benzene rings is 2. The molecule has 0 aliphatic carbocycles. The molecule has 238 valence electrons. The minimum absolute atomic E-state index is 0.0698. The number of piperidine rings is 1. The zero-order valence-electron chi connectivity index (χ0n) is 26.7. The lowest BCUT2D eigenvalue weighted by molar-refractivity contribution is -0.140. The van der Waals surface area contributed by atoms with Crippen LogP contribution in [0.5, 0.6) is 5.75 Å². The van der Waals surface area contributed by atoms with Gasteiger partial charge in [-0.2, -0.15) is 4.31 Å². The van der Waals surface area contributed by atoms with Crippen LogP contribution in [-0.2, 0) is 39.1 Å². The predicted molar refractivity (Wildman–Crippen MR) is 171 cm³/mol. The van der Waals surface area contributed by atoms with Crippen LogP contribution in [0.15, 0.2) is 59.5 Å². The lowest BCUT2D eigenvalue weighted by atomic mass is 10.00. The van der Waals surface area contributed by atoms with Gasteiger partial charge in [0.1, 0.15) is 12.4 Å². The number of hydrogen-bond donors (Lipinski definition) is 0. The van der Waals surface area contributed by atoms with Crippen LogP contribution in [0.25, 0.3) is 0 Å². The summed E-state index contributed by atoms with van der Waals surface area (Å²) in [5.74, 6) is 0.570. The maximum Gasteiger partial charge on any atom is 0.249 e. The number of aryl methyl sites for hydroxylation is 2. The van der Waals surface area contributed by atoms with E-state index in [4.69, 9.17) is 9.47 Å². The Labute approximate surface area is 262 Å². The van der Waals surface area contributed by atoms with Crippen LogP contribution in [0.1, 0.15) is 53.4 Å². The van der Waals surface area contributed by atoms with E-state index < -0.39 is 10.0 Å². The molecule has 0 bridgehead atoms. The number of carbonyl (C=O) groups is 1. The molecule has 2 aromatic carbocycles. The predicted octanol–water partition coefficient (Wildman–Crippen LogP) is 4.56. The standard InChI is InChI=1S/C34H46N4O5S/c1-25-19-30(42-5)20-26(2)34(25)44(40,41)38-16-10-9-13-29(38)23-43-24-33(39)37-18-17-36-28(22-35(3)4)14-15-31(36)32(37)21-27-11-7-6-8-12-27/h6-8,11-12,14-15,19-20,29,32H,9-10,13,16-18,21-24H2,1-5H3. The molecule has 2 aliphatic heterocycles. The minimum atomic E-state index is -3.76. The number of fused-ring (bicyclic) bond motifs is 1. The molecule has 44 heavy (non-hydrogen) atoms. The van der Waals surface area contributed by atoms with Gasteiger partial charge in [-0.3, -0.25) is 4.79 Å². The maximum atomic E-state index is 13.9. The number of carbonyl (C=O) groups excluding carboxylic acids is 1. The van der Waals surface area contributed by atoms with E-state index in [0.29, 0.717) is 47.7 Å². The second kappa shape index (κ2) is 13.9. The van der Waals surface area contributed by atoms with E-state index in [1.54, 1.807) is 37.4 Å². The first-order valence-electron chi connectivity index (χ1n) is 15.5. The highest BCUT2D eigenvalue weighted by atomic mass is 32.2. The van der Waals surface area contributed by atoms with Crippen molar-refractivity contribution in [1.82, 2.24) is 18.7 Å². The van der Waals surface area contributed by atoms with Crippen molar-refractivity contribution >= 4 is 15.9 Å². The molecular formula is C34H46N4O5S. The van der Waals surface area contributed by atoms with Crippen molar-refractivity contribution in [1.29, 1.82) is 0 Å². The number of ether oxygens (including phenoxy) is 2. The highest BCUT2D eigenvalue weighted by Crippen LogP contribution is 2.33. The first kappa shape index (κ1) is 32.2. The SMILES string of the molecule is COc1cc(C)c(S(=O)(=O)N2CCCCC2COCC(=O)N2CCn3c(CN(C)C)ccc3C2Cc2ccccc2)c(C)c1. The van der Waals surface area contributed by atoms with Crippen LogP contribution < -0.4 is 4.74 Å². The van der Waals surface area contributed by atoms with Gasteiger partial charge in [-0.1, -0.05) is 36.8 Å². The van der Waals surface area contributed by atoms with Crippen molar-refractivity contribution < 1.29 is 22.7 Å². The number of nitrogens with zero attached hydrogens (tertiary/aromatic N) is 4. The Bertz CT molecular complexity index is 1530. The van der Waals surface area contributed by atoms with E-state index in [-0.39, 0.29) is 31.2 Å². The van der Waals surface area contributed by atoms with E-state index >= 15 is 0 Å². The number of sulfonamides is 1. The summed E-state index contributed by atoms with van der Waals surface area (Å²) >= 11 is 0. The topological polar surface area (TPSA) is 84.3 Å². The summed E-state index contributed by atoms with van der Waals surface area (Å²) in [5, 5.41) is 0. The van der Waals surface area contributed by atoms with Crippen molar-refractivity contribution in [3.05, 3.63) is 82.7 Å². The fraction of sp³-hybridized carbons (Fsp3) is 0.500. The van der Waals surface area contributed by atoms with Gasteiger partial charge < -0.3 is 23.8 Å². The highest BCUT2D eigenvalue weighted by molar-refractivity contribution is 7.89. The van der Waals surface area contributed by atoms with E-state index in [9.17, 15) is 13.2 Å². The third kappa shape index (κ3) is 6.88. The van der Waals surface area contributed by atoms with Crippen molar-refractivity contribution in [3.63, 3.8) is 0 Å². The van der Waals surface area contributed by atoms with Crippen LogP contribution in [0.3, 0.4) is 0 Å². The van der Waals surface area contributed by atoms with Crippen molar-refractivity contribution in [2.75, 3.05) is 47.5 Å². The summed E-state index contributed by atoms with van der Waals surface area (Å²) in [5.41, 5.74) is 4.88. The summed E-state index contributed by atoms with van der Waals surface area (Å²) < 4.78 is 43.2. The molecule has 1 aromatic heterocycles. The molecule has 10 heteroatoms. The summed E-state index contributed by atoms with van der Waals surface area (Å²) in [6, 6.07) is 17.7. The molecule has 9 nitrogen and oxygen atoms in total. The average molecular weight is 623 g/mol. The fourth-order valence-corrected chi connectivity index (χ4v) is 8.90. The monoisotopic (exact) mass is 622 g/mol. The Kier molecular flexibility index (Phi) is 10.1. The molecular weight excluding hydrogens is 576 g/mol. The van der Waals surface area contributed by atoms with Gasteiger partial charge in [0.15, 0.2) is 0 Å². The molecule has 2 atom stereocenters. The van der Waals surface area contributed by atoms with Crippen molar-refractivity contribution in [2.24, 2.45) is 0 Å². The lowest BCUT2D eigenvalue weighted by Gasteiger charge is -2.38. The zero-order valence-corrected chi connectivity index (χ0v) is 27.5. The molecule has 1 fully saturated rings. The van der Waals surface area contributed by atoms with Gasteiger partial charge in [0.25, 0.3) is 0 Å². The number of aromatic nitrogens is 1. The first-order chi connectivity index (χ1) is 21.1. The Morgan fingerprint density at radius 3 is 2.39 bits per heavy atom. The van der Waals surface area contributed by atoms with E-state index in [0.717, 1.165) is 31.6 Å². The molecule has 3 heterocycles. The smallest absolute Gasteiger partial charge is 0.249 e. The first-order valence-corrected chi connectivity index (χ1v) is 17.0. The van der Waals surface area contributed by atoms with E-state index in [1.807, 2.05) is 23.1 Å². The molecule has 0 N–H and O–H groups in total. The molecule has 3 aromatic rings. The van der Waals surface area contributed by atoms with Gasteiger partial charge in [-0.05, 0) is 88.2 Å². The molecule has 0 radical (unpaired) electrons. The average Bonchev–Trinajstić information content (AvgIpc) is 3.39. The normalized spacial score (nSPS) is 19.3. The molecule has 1 amide bonds. The van der Waals surface area contributed by atoms with Crippen LogP contribution in [0, 0.1) is 13.8 Å². The molecule has 1 saturated heterocycles. The summed E-state index contributed by atoms with van der Waals surface area (Å²) in [6.07, 6.45) is 3.14. The Hall–Kier alpha value is -3.18. The summed E-state index contributed by atoms with van der Waals surface area (Å²) in [6.45, 7) is 6.32. The quantitative estimate of drug-likeness (QED) is 0.312. The number of hydrogen-bond acceptors (Lipinski definition) is 6. The third-order valence-corrected chi connectivity index (χ3v) is 11.1.